The van der Waals surface area contributed by atoms with Crippen LogP contribution in [-0.2, 0) is 5.75 Å². The van der Waals surface area contributed by atoms with Crippen LogP contribution in [0, 0.1) is 12.8 Å². The van der Waals surface area contributed by atoms with Crippen molar-refractivity contribution in [1.82, 2.24) is 5.32 Å². The third-order valence-corrected chi connectivity index (χ3v) is 3.65. The average molecular weight is 223 g/mol. The van der Waals surface area contributed by atoms with Gasteiger partial charge in [-0.3, -0.25) is 0 Å². The second-order valence-electron chi connectivity index (χ2n) is 4.17. The van der Waals surface area contributed by atoms with Gasteiger partial charge in [-0.05, 0) is 37.8 Å². The molecular formula is C13H21NS. The predicted molar refractivity (Wildman–Crippen MR) is 70.4 cm³/mol. The van der Waals surface area contributed by atoms with Gasteiger partial charge in [0.1, 0.15) is 0 Å². The fourth-order valence-corrected chi connectivity index (χ4v) is 2.64. The number of rotatable bonds is 6. The van der Waals surface area contributed by atoms with E-state index in [1.54, 1.807) is 0 Å². The molecule has 0 radical (unpaired) electrons. The van der Waals surface area contributed by atoms with Gasteiger partial charge in [0.05, 0.1) is 0 Å². The van der Waals surface area contributed by atoms with Crippen molar-refractivity contribution in [1.29, 1.82) is 0 Å². The minimum atomic E-state index is 0.754. The van der Waals surface area contributed by atoms with Crippen LogP contribution in [0.1, 0.15) is 18.1 Å². The molecule has 15 heavy (non-hydrogen) atoms. The lowest BCUT2D eigenvalue weighted by Gasteiger charge is -2.10. The Morgan fingerprint density at radius 2 is 2.20 bits per heavy atom. The second kappa shape index (κ2) is 6.91. The molecule has 0 amide bonds. The van der Waals surface area contributed by atoms with E-state index >= 15 is 0 Å². The largest absolute Gasteiger partial charge is 0.319 e. The van der Waals surface area contributed by atoms with Crippen LogP contribution in [0.2, 0.25) is 0 Å². The molecule has 1 aromatic rings. The number of hydrogen-bond donors (Lipinski definition) is 1. The molecule has 1 aromatic carbocycles. The van der Waals surface area contributed by atoms with Gasteiger partial charge in [-0.2, -0.15) is 11.8 Å². The van der Waals surface area contributed by atoms with Crippen LogP contribution < -0.4 is 5.32 Å². The average Bonchev–Trinajstić information content (AvgIpc) is 2.18. The minimum Gasteiger partial charge on any atom is -0.319 e. The van der Waals surface area contributed by atoms with Crippen LogP contribution in [-0.4, -0.2) is 19.3 Å². The zero-order chi connectivity index (χ0) is 11.1. The number of hydrogen-bond acceptors (Lipinski definition) is 2. The van der Waals surface area contributed by atoms with Gasteiger partial charge < -0.3 is 5.32 Å². The molecule has 1 atom stereocenters. The van der Waals surface area contributed by atoms with Gasteiger partial charge in [-0.25, -0.2) is 0 Å². The molecule has 0 spiro atoms. The summed E-state index contributed by atoms with van der Waals surface area (Å²) >= 11 is 2.02. The van der Waals surface area contributed by atoms with Crippen molar-refractivity contribution in [2.24, 2.45) is 5.92 Å². The molecular weight excluding hydrogens is 202 g/mol. The first-order valence-corrected chi connectivity index (χ1v) is 6.65. The zero-order valence-electron chi connectivity index (χ0n) is 9.92. The lowest BCUT2D eigenvalue weighted by Crippen LogP contribution is -2.17. The number of benzene rings is 1. The first kappa shape index (κ1) is 12.6. The van der Waals surface area contributed by atoms with E-state index in [9.17, 15) is 0 Å². The zero-order valence-corrected chi connectivity index (χ0v) is 10.7. The molecule has 0 aromatic heterocycles. The summed E-state index contributed by atoms with van der Waals surface area (Å²) in [6, 6.07) is 8.78. The van der Waals surface area contributed by atoms with Gasteiger partial charge in [0.2, 0.25) is 0 Å². The quantitative estimate of drug-likeness (QED) is 0.795. The molecule has 84 valence electrons. The Labute approximate surface area is 97.7 Å². The highest BCUT2D eigenvalue weighted by atomic mass is 32.2. The topological polar surface area (TPSA) is 12.0 Å². The molecule has 1 N–H and O–H groups in total. The second-order valence-corrected chi connectivity index (χ2v) is 5.20. The molecule has 0 saturated heterocycles. The van der Waals surface area contributed by atoms with Gasteiger partial charge in [0, 0.05) is 5.75 Å². The van der Waals surface area contributed by atoms with Crippen molar-refractivity contribution in [3.8, 4) is 0 Å². The molecule has 1 rings (SSSR count). The van der Waals surface area contributed by atoms with E-state index in [2.05, 4.69) is 43.4 Å². The number of thioether (sulfide) groups is 1. The summed E-state index contributed by atoms with van der Waals surface area (Å²) in [5, 5.41) is 3.21. The van der Waals surface area contributed by atoms with Gasteiger partial charge in [0.25, 0.3) is 0 Å². The molecule has 0 heterocycles. The van der Waals surface area contributed by atoms with E-state index in [-0.39, 0.29) is 0 Å². The van der Waals surface area contributed by atoms with Gasteiger partial charge >= 0.3 is 0 Å². The molecule has 0 bridgehead atoms. The Bertz CT molecular complexity index is 286. The van der Waals surface area contributed by atoms with Crippen LogP contribution in [0.25, 0.3) is 0 Å². The third-order valence-electron chi connectivity index (χ3n) is 2.31. The van der Waals surface area contributed by atoms with E-state index < -0.39 is 0 Å². The van der Waals surface area contributed by atoms with E-state index in [0.29, 0.717) is 0 Å². The van der Waals surface area contributed by atoms with Crippen molar-refractivity contribution in [2.45, 2.75) is 19.6 Å². The fraction of sp³-hybridized carbons (Fsp3) is 0.538. The van der Waals surface area contributed by atoms with Crippen molar-refractivity contribution < 1.29 is 0 Å². The molecule has 1 nitrogen and oxygen atoms in total. The molecule has 2 heteroatoms. The standard InChI is InChI=1S/C13H21NS/c1-11-5-4-6-13(7-11)10-15-9-12(2)8-14-3/h4-7,12,14H,8-10H2,1-3H3. The monoisotopic (exact) mass is 223 g/mol. The van der Waals surface area contributed by atoms with Crippen LogP contribution in [0.3, 0.4) is 0 Å². The summed E-state index contributed by atoms with van der Waals surface area (Å²) in [6.45, 7) is 5.55. The lowest BCUT2D eigenvalue weighted by molar-refractivity contribution is 0.603. The molecule has 0 fully saturated rings. The van der Waals surface area contributed by atoms with Gasteiger partial charge in [-0.1, -0.05) is 36.8 Å². The van der Waals surface area contributed by atoms with Crippen LogP contribution in [0.5, 0.6) is 0 Å². The summed E-state index contributed by atoms with van der Waals surface area (Å²) in [4.78, 5) is 0. The molecule has 0 aliphatic rings. The van der Waals surface area contributed by atoms with E-state index in [0.717, 1.165) is 18.2 Å². The number of nitrogens with one attached hydrogen (secondary N) is 1. The summed E-state index contributed by atoms with van der Waals surface area (Å²) in [5.41, 5.74) is 2.80. The van der Waals surface area contributed by atoms with Gasteiger partial charge in [0.15, 0.2) is 0 Å². The Balaban J connectivity index is 2.25. The highest BCUT2D eigenvalue weighted by Crippen LogP contribution is 2.16. The van der Waals surface area contributed by atoms with Crippen molar-refractivity contribution in [2.75, 3.05) is 19.3 Å². The third kappa shape index (κ3) is 5.24. The molecule has 0 aliphatic carbocycles. The molecule has 0 aliphatic heterocycles. The molecule has 0 saturated carbocycles. The van der Waals surface area contributed by atoms with Crippen LogP contribution in [0.4, 0.5) is 0 Å². The van der Waals surface area contributed by atoms with Crippen LogP contribution in [0.15, 0.2) is 24.3 Å². The highest BCUT2D eigenvalue weighted by molar-refractivity contribution is 7.98. The fourth-order valence-electron chi connectivity index (χ4n) is 1.59. The first-order valence-electron chi connectivity index (χ1n) is 5.50. The predicted octanol–water partition coefficient (Wildman–Crippen LogP) is 3.08. The van der Waals surface area contributed by atoms with Crippen molar-refractivity contribution in [3.05, 3.63) is 35.4 Å². The maximum Gasteiger partial charge on any atom is 0.0184 e. The van der Waals surface area contributed by atoms with Crippen LogP contribution >= 0.6 is 11.8 Å². The summed E-state index contributed by atoms with van der Waals surface area (Å²) in [5.74, 6) is 3.12. The Kier molecular flexibility index (Phi) is 5.81. The van der Waals surface area contributed by atoms with Crippen molar-refractivity contribution >= 4 is 11.8 Å². The van der Waals surface area contributed by atoms with Gasteiger partial charge in [-0.15, -0.1) is 0 Å². The Morgan fingerprint density at radius 3 is 2.87 bits per heavy atom. The summed E-state index contributed by atoms with van der Waals surface area (Å²) in [6.07, 6.45) is 0. The first-order chi connectivity index (χ1) is 7.22. The summed E-state index contributed by atoms with van der Waals surface area (Å²) in [7, 11) is 2.02. The Hall–Kier alpha value is -0.470. The molecule has 1 unspecified atom stereocenters. The minimum absolute atomic E-state index is 0.754. The van der Waals surface area contributed by atoms with E-state index in [1.807, 2.05) is 18.8 Å². The summed E-state index contributed by atoms with van der Waals surface area (Å²) < 4.78 is 0. The van der Waals surface area contributed by atoms with E-state index in [1.165, 1.54) is 16.9 Å². The smallest absolute Gasteiger partial charge is 0.0184 e. The Morgan fingerprint density at radius 1 is 1.40 bits per heavy atom. The maximum absolute atomic E-state index is 3.21. The maximum atomic E-state index is 3.21. The SMILES string of the molecule is CNCC(C)CSCc1cccc(C)c1. The lowest BCUT2D eigenvalue weighted by atomic mass is 10.2. The van der Waals surface area contributed by atoms with Crippen molar-refractivity contribution in [3.63, 3.8) is 0 Å². The van der Waals surface area contributed by atoms with E-state index in [4.69, 9.17) is 0 Å². The normalized spacial score (nSPS) is 12.7. The number of aryl methyl sites for hydroxylation is 1. The highest BCUT2D eigenvalue weighted by Gasteiger charge is 2.00.